The van der Waals surface area contributed by atoms with Gasteiger partial charge in [0, 0.05) is 19.7 Å². The smallest absolute Gasteiger partial charge is 0.158 e. The molecule has 6 heteroatoms. The molecule has 2 aromatic heterocycles. The van der Waals surface area contributed by atoms with Crippen LogP contribution in [-0.4, -0.2) is 23.6 Å². The molecule has 0 bridgehead atoms. The van der Waals surface area contributed by atoms with E-state index in [9.17, 15) is 0 Å². The van der Waals surface area contributed by atoms with E-state index in [1.165, 1.54) is 5.56 Å². The third-order valence-electron chi connectivity index (χ3n) is 2.31. The number of rotatable bonds is 6. The Kier molecular flexibility index (Phi) is 4.92. The maximum absolute atomic E-state index is 5.92. The van der Waals surface area contributed by atoms with E-state index in [1.807, 2.05) is 0 Å². The van der Waals surface area contributed by atoms with Crippen molar-refractivity contribution >= 4 is 28.8 Å². The Morgan fingerprint density at radius 3 is 3.06 bits per heavy atom. The Labute approximate surface area is 115 Å². The minimum atomic E-state index is 0.361. The highest BCUT2D eigenvalue weighted by atomic mass is 35.5. The van der Waals surface area contributed by atoms with Gasteiger partial charge in [-0.3, -0.25) is 0 Å². The molecule has 0 fully saturated rings. The van der Waals surface area contributed by atoms with E-state index >= 15 is 0 Å². The number of hydrogen-bond acceptors (Lipinski definition) is 5. The van der Waals surface area contributed by atoms with Gasteiger partial charge in [-0.2, -0.15) is 11.3 Å². The molecule has 18 heavy (non-hydrogen) atoms. The number of anilines is 1. The van der Waals surface area contributed by atoms with Gasteiger partial charge >= 0.3 is 0 Å². The molecule has 0 aliphatic heterocycles. The molecular formula is C12H14ClN3OS. The zero-order valence-corrected chi connectivity index (χ0v) is 11.6. The maximum atomic E-state index is 5.92. The highest BCUT2D eigenvalue weighted by Crippen LogP contribution is 2.13. The van der Waals surface area contributed by atoms with Crippen molar-refractivity contribution in [2.24, 2.45) is 0 Å². The molecule has 0 aliphatic carbocycles. The molecule has 0 aliphatic rings. The van der Waals surface area contributed by atoms with Crippen molar-refractivity contribution in [3.8, 4) is 0 Å². The number of ether oxygens (including phenoxy) is 1. The molecule has 96 valence electrons. The van der Waals surface area contributed by atoms with E-state index in [0.29, 0.717) is 17.6 Å². The van der Waals surface area contributed by atoms with Crippen LogP contribution in [0.15, 0.2) is 22.9 Å². The van der Waals surface area contributed by atoms with Crippen molar-refractivity contribution in [2.45, 2.75) is 13.0 Å². The van der Waals surface area contributed by atoms with Gasteiger partial charge in [-0.1, -0.05) is 11.6 Å². The van der Waals surface area contributed by atoms with Crippen LogP contribution in [0.5, 0.6) is 0 Å². The van der Waals surface area contributed by atoms with E-state index in [1.54, 1.807) is 24.5 Å². The molecule has 0 unspecified atom stereocenters. The fourth-order valence-corrected chi connectivity index (χ4v) is 2.42. The average Bonchev–Trinajstić information content (AvgIpc) is 2.82. The van der Waals surface area contributed by atoms with Crippen molar-refractivity contribution in [3.05, 3.63) is 39.4 Å². The van der Waals surface area contributed by atoms with E-state index < -0.39 is 0 Å². The molecule has 0 amide bonds. The fraction of sp³-hybridized carbons (Fsp3) is 0.333. The van der Waals surface area contributed by atoms with Gasteiger partial charge in [0.1, 0.15) is 17.6 Å². The standard InChI is InChI=1S/C12H14ClN3OS/c1-17-7-12-15-10(13)6-11(16-12)14-4-2-9-3-5-18-8-9/h3,5-6,8H,2,4,7H2,1H3,(H,14,15,16). The molecule has 0 atom stereocenters. The summed E-state index contributed by atoms with van der Waals surface area (Å²) in [4.78, 5) is 8.39. The molecule has 0 spiro atoms. The second-order valence-electron chi connectivity index (χ2n) is 3.73. The first-order chi connectivity index (χ1) is 8.78. The van der Waals surface area contributed by atoms with Gasteiger partial charge < -0.3 is 10.1 Å². The van der Waals surface area contributed by atoms with Gasteiger partial charge in [0.05, 0.1) is 0 Å². The van der Waals surface area contributed by atoms with Gasteiger partial charge in [-0.25, -0.2) is 9.97 Å². The highest BCUT2D eigenvalue weighted by Gasteiger charge is 2.03. The van der Waals surface area contributed by atoms with Gasteiger partial charge in [0.2, 0.25) is 0 Å². The molecule has 2 aromatic rings. The van der Waals surface area contributed by atoms with Gasteiger partial charge in [-0.15, -0.1) is 0 Å². The Hall–Kier alpha value is -1.17. The van der Waals surface area contributed by atoms with E-state index in [4.69, 9.17) is 16.3 Å². The monoisotopic (exact) mass is 283 g/mol. The number of halogens is 1. The minimum Gasteiger partial charge on any atom is -0.377 e. The van der Waals surface area contributed by atoms with Crippen molar-refractivity contribution in [2.75, 3.05) is 19.0 Å². The second kappa shape index (κ2) is 6.68. The Morgan fingerprint density at radius 2 is 2.33 bits per heavy atom. The first kappa shape index (κ1) is 13.3. The highest BCUT2D eigenvalue weighted by molar-refractivity contribution is 7.07. The van der Waals surface area contributed by atoms with E-state index in [-0.39, 0.29) is 0 Å². The summed E-state index contributed by atoms with van der Waals surface area (Å²) in [7, 11) is 1.61. The zero-order valence-electron chi connectivity index (χ0n) is 10.0. The lowest BCUT2D eigenvalue weighted by molar-refractivity contribution is 0.178. The van der Waals surface area contributed by atoms with Crippen LogP contribution in [0.4, 0.5) is 5.82 Å². The average molecular weight is 284 g/mol. The summed E-state index contributed by atoms with van der Waals surface area (Å²) in [5, 5.41) is 7.88. The quantitative estimate of drug-likeness (QED) is 0.828. The molecule has 2 rings (SSSR count). The summed E-state index contributed by atoms with van der Waals surface area (Å²) in [5.74, 6) is 1.32. The second-order valence-corrected chi connectivity index (χ2v) is 4.90. The molecule has 1 N–H and O–H groups in total. The van der Waals surface area contributed by atoms with Crippen LogP contribution in [0.2, 0.25) is 5.15 Å². The number of methoxy groups -OCH3 is 1. The predicted molar refractivity (Wildman–Crippen MR) is 74.3 cm³/mol. The van der Waals surface area contributed by atoms with Crippen LogP contribution in [-0.2, 0) is 17.8 Å². The summed E-state index contributed by atoms with van der Waals surface area (Å²) < 4.78 is 4.99. The Bertz CT molecular complexity index is 490. The third-order valence-corrected chi connectivity index (χ3v) is 3.24. The molecule has 0 saturated carbocycles. The van der Waals surface area contributed by atoms with Crippen LogP contribution in [0.25, 0.3) is 0 Å². The fourth-order valence-electron chi connectivity index (χ4n) is 1.52. The SMILES string of the molecule is COCc1nc(Cl)cc(NCCc2ccsc2)n1. The summed E-state index contributed by atoms with van der Waals surface area (Å²) in [6.07, 6.45) is 0.963. The zero-order chi connectivity index (χ0) is 12.8. The van der Waals surface area contributed by atoms with Crippen LogP contribution in [0, 0.1) is 0 Å². The largest absolute Gasteiger partial charge is 0.377 e. The number of nitrogens with one attached hydrogen (secondary N) is 1. The summed E-state index contributed by atoms with van der Waals surface area (Å²) in [6.45, 7) is 1.18. The van der Waals surface area contributed by atoms with E-state index in [2.05, 4.69) is 32.1 Å². The Balaban J connectivity index is 1.92. The lowest BCUT2D eigenvalue weighted by Gasteiger charge is -2.07. The normalized spacial score (nSPS) is 10.6. The molecule has 0 aromatic carbocycles. The molecular weight excluding hydrogens is 270 g/mol. The maximum Gasteiger partial charge on any atom is 0.158 e. The van der Waals surface area contributed by atoms with Crippen molar-refractivity contribution < 1.29 is 4.74 Å². The number of thiophene rings is 1. The minimum absolute atomic E-state index is 0.361. The molecule has 0 radical (unpaired) electrons. The van der Waals surface area contributed by atoms with Crippen LogP contribution in [0.1, 0.15) is 11.4 Å². The topological polar surface area (TPSA) is 47.0 Å². The number of nitrogens with zero attached hydrogens (tertiary/aromatic N) is 2. The van der Waals surface area contributed by atoms with Crippen molar-refractivity contribution in [1.29, 1.82) is 0 Å². The van der Waals surface area contributed by atoms with Crippen LogP contribution in [0.3, 0.4) is 0 Å². The van der Waals surface area contributed by atoms with Crippen LogP contribution < -0.4 is 5.32 Å². The molecule has 0 saturated heterocycles. The first-order valence-corrected chi connectivity index (χ1v) is 6.87. The summed E-state index contributed by atoms with van der Waals surface area (Å²) in [5.41, 5.74) is 1.32. The molecule has 2 heterocycles. The van der Waals surface area contributed by atoms with Gasteiger partial charge in [0.25, 0.3) is 0 Å². The Morgan fingerprint density at radius 1 is 1.44 bits per heavy atom. The lowest BCUT2D eigenvalue weighted by Crippen LogP contribution is -2.08. The number of hydrogen-bond donors (Lipinski definition) is 1. The number of aromatic nitrogens is 2. The van der Waals surface area contributed by atoms with Gasteiger partial charge in [-0.05, 0) is 28.8 Å². The predicted octanol–water partition coefficient (Wildman–Crippen LogP) is 2.99. The third kappa shape index (κ3) is 3.94. The van der Waals surface area contributed by atoms with Gasteiger partial charge in [0.15, 0.2) is 5.82 Å². The lowest BCUT2D eigenvalue weighted by atomic mass is 10.2. The summed E-state index contributed by atoms with van der Waals surface area (Å²) in [6, 6.07) is 3.84. The summed E-state index contributed by atoms with van der Waals surface area (Å²) >= 11 is 7.63. The van der Waals surface area contributed by atoms with Crippen molar-refractivity contribution in [3.63, 3.8) is 0 Å². The van der Waals surface area contributed by atoms with E-state index in [0.717, 1.165) is 18.8 Å². The van der Waals surface area contributed by atoms with Crippen LogP contribution >= 0.6 is 22.9 Å². The van der Waals surface area contributed by atoms with Crippen molar-refractivity contribution in [1.82, 2.24) is 9.97 Å². The molecule has 4 nitrogen and oxygen atoms in total. The first-order valence-electron chi connectivity index (χ1n) is 5.55.